The average molecular weight is 334 g/mol. The Labute approximate surface area is 137 Å². The molecule has 6 heteroatoms. The zero-order valence-corrected chi connectivity index (χ0v) is 14.0. The van der Waals surface area contributed by atoms with Crippen molar-refractivity contribution < 1.29 is 13.2 Å². The van der Waals surface area contributed by atoms with Gasteiger partial charge in [-0.3, -0.25) is 9.10 Å². The normalized spacial score (nSPS) is 21.0. The summed E-state index contributed by atoms with van der Waals surface area (Å²) in [6.07, 6.45) is 7.44. The van der Waals surface area contributed by atoms with Crippen LogP contribution in [0.5, 0.6) is 0 Å². The molecule has 124 valence electrons. The summed E-state index contributed by atoms with van der Waals surface area (Å²) in [5, 5.41) is 0. The molecule has 3 rings (SSSR count). The van der Waals surface area contributed by atoms with Crippen LogP contribution in [0.25, 0.3) is 6.08 Å². The molecule has 1 aromatic rings. The van der Waals surface area contributed by atoms with Crippen molar-refractivity contribution in [2.45, 2.75) is 25.7 Å². The molecule has 0 bridgehead atoms. The highest BCUT2D eigenvalue weighted by Crippen LogP contribution is 2.24. The molecule has 0 aromatic heterocycles. The highest BCUT2D eigenvalue weighted by Gasteiger charge is 2.28. The van der Waals surface area contributed by atoms with E-state index in [2.05, 4.69) is 0 Å². The van der Waals surface area contributed by atoms with E-state index in [0.29, 0.717) is 18.7 Å². The van der Waals surface area contributed by atoms with Crippen LogP contribution in [0.1, 0.15) is 31.2 Å². The molecule has 0 spiro atoms. The lowest BCUT2D eigenvalue weighted by Crippen LogP contribution is -2.34. The highest BCUT2D eigenvalue weighted by atomic mass is 32.2. The minimum atomic E-state index is -3.14. The first kappa shape index (κ1) is 16.1. The standard InChI is InChI=1S/C17H22N2O3S/c20-17(18-11-2-1-3-12-18)10-7-15-5-8-16(9-6-15)19-13-4-14-23(19,21)22/h5-10H,1-4,11-14H2/b10-7+. The zero-order valence-electron chi connectivity index (χ0n) is 13.1. The van der Waals surface area contributed by atoms with Crippen LogP contribution in [0.2, 0.25) is 0 Å². The monoisotopic (exact) mass is 334 g/mol. The van der Waals surface area contributed by atoms with E-state index < -0.39 is 10.0 Å². The maximum absolute atomic E-state index is 12.1. The summed E-state index contributed by atoms with van der Waals surface area (Å²) in [7, 11) is -3.14. The fraction of sp³-hybridized carbons (Fsp3) is 0.471. The summed E-state index contributed by atoms with van der Waals surface area (Å²) < 4.78 is 25.3. The number of rotatable bonds is 3. The van der Waals surface area contributed by atoms with Crippen molar-refractivity contribution in [2.24, 2.45) is 0 Å². The SMILES string of the molecule is O=C(/C=C/c1ccc(N2CCCS2(=O)=O)cc1)N1CCCCC1. The predicted molar refractivity (Wildman–Crippen MR) is 91.7 cm³/mol. The molecule has 0 N–H and O–H groups in total. The molecule has 0 atom stereocenters. The second-order valence-electron chi connectivity index (χ2n) is 6.05. The van der Waals surface area contributed by atoms with E-state index in [1.165, 1.54) is 10.7 Å². The molecule has 2 fully saturated rings. The number of likely N-dealkylation sites (tertiary alicyclic amines) is 1. The minimum absolute atomic E-state index is 0.0518. The number of carbonyl (C=O) groups excluding carboxylic acids is 1. The molecule has 0 aliphatic carbocycles. The number of piperidine rings is 1. The maximum atomic E-state index is 12.1. The first-order chi connectivity index (χ1) is 11.1. The second kappa shape index (κ2) is 6.74. The van der Waals surface area contributed by atoms with Gasteiger partial charge >= 0.3 is 0 Å². The van der Waals surface area contributed by atoms with Gasteiger partial charge < -0.3 is 4.90 Å². The molecule has 0 saturated carbocycles. The number of anilines is 1. The Morgan fingerprint density at radius 1 is 0.957 bits per heavy atom. The molecular weight excluding hydrogens is 312 g/mol. The lowest BCUT2D eigenvalue weighted by Gasteiger charge is -2.25. The van der Waals surface area contributed by atoms with Gasteiger partial charge in [-0.15, -0.1) is 0 Å². The largest absolute Gasteiger partial charge is 0.339 e. The fourth-order valence-electron chi connectivity index (χ4n) is 3.07. The van der Waals surface area contributed by atoms with E-state index in [1.807, 2.05) is 17.0 Å². The smallest absolute Gasteiger partial charge is 0.246 e. The number of carbonyl (C=O) groups is 1. The fourth-order valence-corrected chi connectivity index (χ4v) is 4.63. The topological polar surface area (TPSA) is 57.7 Å². The third kappa shape index (κ3) is 3.75. The summed E-state index contributed by atoms with van der Waals surface area (Å²) in [5.41, 5.74) is 1.60. The first-order valence-electron chi connectivity index (χ1n) is 8.14. The van der Waals surface area contributed by atoms with Crippen molar-refractivity contribution >= 4 is 27.7 Å². The second-order valence-corrected chi connectivity index (χ2v) is 8.07. The van der Waals surface area contributed by atoms with Gasteiger partial charge in [0.2, 0.25) is 15.9 Å². The highest BCUT2D eigenvalue weighted by molar-refractivity contribution is 7.93. The van der Waals surface area contributed by atoms with E-state index >= 15 is 0 Å². The van der Waals surface area contributed by atoms with E-state index in [4.69, 9.17) is 0 Å². The quantitative estimate of drug-likeness (QED) is 0.797. The summed E-state index contributed by atoms with van der Waals surface area (Å²) >= 11 is 0. The Morgan fingerprint density at radius 2 is 1.65 bits per heavy atom. The van der Waals surface area contributed by atoms with E-state index in [0.717, 1.165) is 31.5 Å². The number of hydrogen-bond donors (Lipinski definition) is 0. The van der Waals surface area contributed by atoms with Gasteiger partial charge in [-0.05, 0) is 49.5 Å². The van der Waals surface area contributed by atoms with Crippen molar-refractivity contribution in [2.75, 3.05) is 29.7 Å². The van der Waals surface area contributed by atoms with Gasteiger partial charge in [0.25, 0.3) is 0 Å². The molecule has 5 nitrogen and oxygen atoms in total. The molecule has 23 heavy (non-hydrogen) atoms. The Kier molecular flexibility index (Phi) is 4.71. The number of nitrogens with zero attached hydrogens (tertiary/aromatic N) is 2. The lowest BCUT2D eigenvalue weighted by atomic mass is 10.1. The Hall–Kier alpha value is -1.82. The first-order valence-corrected chi connectivity index (χ1v) is 9.75. The van der Waals surface area contributed by atoms with Gasteiger partial charge in [0, 0.05) is 25.7 Å². The molecule has 2 aliphatic rings. The van der Waals surface area contributed by atoms with Crippen LogP contribution in [0, 0.1) is 0 Å². The van der Waals surface area contributed by atoms with Crippen LogP contribution in [0.15, 0.2) is 30.3 Å². The number of amides is 1. The van der Waals surface area contributed by atoms with Crippen LogP contribution < -0.4 is 4.31 Å². The summed E-state index contributed by atoms with van der Waals surface area (Å²) in [6, 6.07) is 7.30. The third-order valence-corrected chi connectivity index (χ3v) is 6.24. The molecule has 1 aromatic carbocycles. The van der Waals surface area contributed by atoms with Crippen molar-refractivity contribution in [3.63, 3.8) is 0 Å². The minimum Gasteiger partial charge on any atom is -0.339 e. The lowest BCUT2D eigenvalue weighted by molar-refractivity contribution is -0.126. The molecule has 2 aliphatic heterocycles. The molecule has 0 radical (unpaired) electrons. The van der Waals surface area contributed by atoms with Crippen LogP contribution in [0.3, 0.4) is 0 Å². The van der Waals surface area contributed by atoms with Crippen LogP contribution in [-0.2, 0) is 14.8 Å². The van der Waals surface area contributed by atoms with Gasteiger partial charge in [0.05, 0.1) is 11.4 Å². The summed E-state index contributed by atoms with van der Waals surface area (Å²) in [6.45, 7) is 2.23. The van der Waals surface area contributed by atoms with E-state index in [9.17, 15) is 13.2 Å². The van der Waals surface area contributed by atoms with Gasteiger partial charge in [-0.1, -0.05) is 12.1 Å². The van der Waals surface area contributed by atoms with Crippen molar-refractivity contribution in [3.8, 4) is 0 Å². The average Bonchev–Trinajstić information content (AvgIpc) is 2.93. The molecule has 2 heterocycles. The molecule has 1 amide bonds. The van der Waals surface area contributed by atoms with Crippen molar-refractivity contribution in [3.05, 3.63) is 35.9 Å². The van der Waals surface area contributed by atoms with Crippen LogP contribution >= 0.6 is 0 Å². The predicted octanol–water partition coefficient (Wildman–Crippen LogP) is 2.25. The number of sulfonamides is 1. The molecule has 0 unspecified atom stereocenters. The summed E-state index contributed by atoms with van der Waals surface area (Å²) in [4.78, 5) is 14.0. The Morgan fingerprint density at radius 3 is 2.26 bits per heavy atom. The maximum Gasteiger partial charge on any atom is 0.246 e. The van der Waals surface area contributed by atoms with Crippen molar-refractivity contribution in [1.82, 2.24) is 4.90 Å². The van der Waals surface area contributed by atoms with Crippen molar-refractivity contribution in [1.29, 1.82) is 0 Å². The third-order valence-electron chi connectivity index (χ3n) is 4.37. The molecular formula is C17H22N2O3S. The Bertz CT molecular complexity index is 689. The summed E-state index contributed by atoms with van der Waals surface area (Å²) in [5.74, 6) is 0.273. The van der Waals surface area contributed by atoms with E-state index in [-0.39, 0.29) is 11.7 Å². The van der Waals surface area contributed by atoms with Gasteiger partial charge in [0.15, 0.2) is 0 Å². The number of benzene rings is 1. The zero-order chi connectivity index (χ0) is 16.3. The van der Waals surface area contributed by atoms with Gasteiger partial charge in [-0.25, -0.2) is 8.42 Å². The van der Waals surface area contributed by atoms with E-state index in [1.54, 1.807) is 24.3 Å². The van der Waals surface area contributed by atoms with Gasteiger partial charge in [0.1, 0.15) is 0 Å². The number of hydrogen-bond acceptors (Lipinski definition) is 3. The van der Waals surface area contributed by atoms with Gasteiger partial charge in [-0.2, -0.15) is 0 Å². The Balaban J connectivity index is 1.65. The van der Waals surface area contributed by atoms with Crippen LogP contribution in [0.4, 0.5) is 5.69 Å². The van der Waals surface area contributed by atoms with Crippen LogP contribution in [-0.4, -0.2) is 44.6 Å². The molecule has 2 saturated heterocycles.